The molecule has 0 saturated heterocycles. The van der Waals surface area contributed by atoms with Gasteiger partial charge in [0.25, 0.3) is 0 Å². The van der Waals surface area contributed by atoms with Gasteiger partial charge in [0.05, 0.1) is 5.92 Å². The Bertz CT molecular complexity index is 464. The van der Waals surface area contributed by atoms with Crippen molar-refractivity contribution in [1.29, 1.82) is 0 Å². The summed E-state index contributed by atoms with van der Waals surface area (Å²) in [6, 6.07) is 8.11. The maximum absolute atomic E-state index is 11.2. The molecule has 0 aliphatic heterocycles. The Hall–Kier alpha value is -1.06. The van der Waals surface area contributed by atoms with Gasteiger partial charge in [0.2, 0.25) is 0 Å². The molecule has 3 unspecified atom stereocenters. The van der Waals surface area contributed by atoms with Crippen molar-refractivity contribution in [3.05, 3.63) is 34.9 Å². The SMILES string of the molecule is CCC(NCC1CCCC1C(=O)O)c1cccc(Cl)c1. The molecule has 1 saturated carbocycles. The molecule has 0 spiro atoms. The number of rotatable bonds is 6. The average Bonchev–Trinajstić information content (AvgIpc) is 2.88. The monoisotopic (exact) mass is 295 g/mol. The predicted molar refractivity (Wildman–Crippen MR) is 81.0 cm³/mol. The van der Waals surface area contributed by atoms with Gasteiger partial charge in [-0.3, -0.25) is 4.79 Å². The van der Waals surface area contributed by atoms with Gasteiger partial charge < -0.3 is 10.4 Å². The molecule has 0 amide bonds. The molecule has 20 heavy (non-hydrogen) atoms. The van der Waals surface area contributed by atoms with Crippen molar-refractivity contribution < 1.29 is 9.90 Å². The lowest BCUT2D eigenvalue weighted by Gasteiger charge is -2.22. The van der Waals surface area contributed by atoms with Gasteiger partial charge in [-0.15, -0.1) is 0 Å². The Morgan fingerprint density at radius 3 is 2.95 bits per heavy atom. The number of halogens is 1. The van der Waals surface area contributed by atoms with E-state index in [1.165, 1.54) is 5.56 Å². The molecule has 0 bridgehead atoms. The molecule has 4 heteroatoms. The summed E-state index contributed by atoms with van der Waals surface area (Å²) in [7, 11) is 0. The van der Waals surface area contributed by atoms with E-state index < -0.39 is 5.97 Å². The average molecular weight is 296 g/mol. The first-order chi connectivity index (χ1) is 9.61. The minimum absolute atomic E-state index is 0.181. The van der Waals surface area contributed by atoms with Crippen LogP contribution in [-0.2, 0) is 4.79 Å². The smallest absolute Gasteiger partial charge is 0.306 e. The van der Waals surface area contributed by atoms with E-state index in [2.05, 4.69) is 18.3 Å². The normalized spacial score (nSPS) is 23.7. The summed E-state index contributed by atoms with van der Waals surface area (Å²) in [4.78, 5) is 11.2. The maximum atomic E-state index is 11.2. The zero-order chi connectivity index (χ0) is 14.5. The van der Waals surface area contributed by atoms with Crippen LogP contribution in [-0.4, -0.2) is 17.6 Å². The topological polar surface area (TPSA) is 49.3 Å². The van der Waals surface area contributed by atoms with Gasteiger partial charge in [-0.25, -0.2) is 0 Å². The first-order valence-electron chi connectivity index (χ1n) is 7.33. The molecule has 1 fully saturated rings. The zero-order valence-corrected chi connectivity index (χ0v) is 12.6. The highest BCUT2D eigenvalue weighted by Gasteiger charge is 2.32. The van der Waals surface area contributed by atoms with Crippen LogP contribution in [0.5, 0.6) is 0 Å². The first kappa shape index (κ1) is 15.3. The number of nitrogens with one attached hydrogen (secondary N) is 1. The van der Waals surface area contributed by atoms with Gasteiger partial charge >= 0.3 is 5.97 Å². The summed E-state index contributed by atoms with van der Waals surface area (Å²) in [6.07, 6.45) is 3.81. The number of carbonyl (C=O) groups is 1. The van der Waals surface area contributed by atoms with E-state index in [0.29, 0.717) is 0 Å². The van der Waals surface area contributed by atoms with E-state index in [9.17, 15) is 9.90 Å². The molecule has 110 valence electrons. The Balaban J connectivity index is 1.96. The van der Waals surface area contributed by atoms with Crippen molar-refractivity contribution in [3.8, 4) is 0 Å². The quantitative estimate of drug-likeness (QED) is 0.837. The Morgan fingerprint density at radius 1 is 1.50 bits per heavy atom. The molecule has 1 aliphatic rings. The van der Waals surface area contributed by atoms with E-state index in [1.807, 2.05) is 18.2 Å². The van der Waals surface area contributed by atoms with Crippen LogP contribution < -0.4 is 5.32 Å². The third kappa shape index (κ3) is 3.74. The van der Waals surface area contributed by atoms with Gasteiger partial charge in [-0.1, -0.05) is 37.1 Å². The highest BCUT2D eigenvalue weighted by atomic mass is 35.5. The lowest BCUT2D eigenvalue weighted by atomic mass is 9.95. The van der Waals surface area contributed by atoms with Crippen LogP contribution in [0.15, 0.2) is 24.3 Å². The number of hydrogen-bond acceptors (Lipinski definition) is 2. The van der Waals surface area contributed by atoms with Crippen molar-refractivity contribution in [2.24, 2.45) is 11.8 Å². The molecule has 3 atom stereocenters. The molecular formula is C16H22ClNO2. The number of carboxylic acid groups (broad SMARTS) is 1. The van der Waals surface area contributed by atoms with Crippen LogP contribution in [0.4, 0.5) is 0 Å². The molecule has 0 aromatic heterocycles. The summed E-state index contributed by atoms with van der Waals surface area (Å²) < 4.78 is 0. The van der Waals surface area contributed by atoms with Crippen LogP contribution in [0.2, 0.25) is 5.02 Å². The summed E-state index contributed by atoms with van der Waals surface area (Å²) in [5.74, 6) is -0.579. The van der Waals surface area contributed by atoms with Crippen LogP contribution in [0.3, 0.4) is 0 Å². The van der Waals surface area contributed by atoms with E-state index in [-0.39, 0.29) is 17.9 Å². The van der Waals surface area contributed by atoms with E-state index in [1.54, 1.807) is 0 Å². The third-order valence-corrected chi connectivity index (χ3v) is 4.50. The van der Waals surface area contributed by atoms with Gasteiger partial charge in [-0.05, 0) is 49.4 Å². The molecular weight excluding hydrogens is 274 g/mol. The van der Waals surface area contributed by atoms with Crippen LogP contribution in [0, 0.1) is 11.8 Å². The largest absolute Gasteiger partial charge is 0.481 e. The second-order valence-corrected chi connectivity index (χ2v) is 6.00. The Kier molecular flexibility index (Phi) is 5.44. The molecule has 3 nitrogen and oxygen atoms in total. The van der Waals surface area contributed by atoms with Crippen molar-refractivity contribution in [2.75, 3.05) is 6.54 Å². The second kappa shape index (κ2) is 7.09. The summed E-state index contributed by atoms with van der Waals surface area (Å²) in [5.41, 5.74) is 1.17. The Morgan fingerprint density at radius 2 is 2.30 bits per heavy atom. The van der Waals surface area contributed by atoms with Gasteiger partial charge in [0.15, 0.2) is 0 Å². The van der Waals surface area contributed by atoms with Crippen molar-refractivity contribution >= 4 is 17.6 Å². The summed E-state index contributed by atoms with van der Waals surface area (Å²) >= 11 is 6.03. The second-order valence-electron chi connectivity index (χ2n) is 5.56. The zero-order valence-electron chi connectivity index (χ0n) is 11.8. The van der Waals surface area contributed by atoms with Gasteiger partial charge in [-0.2, -0.15) is 0 Å². The molecule has 0 radical (unpaired) electrons. The number of aliphatic carboxylic acids is 1. The predicted octanol–water partition coefficient (Wildman–Crippen LogP) is 3.88. The van der Waals surface area contributed by atoms with Crippen molar-refractivity contribution in [3.63, 3.8) is 0 Å². The highest BCUT2D eigenvalue weighted by Crippen LogP contribution is 2.32. The fourth-order valence-electron chi connectivity index (χ4n) is 3.12. The molecule has 2 N–H and O–H groups in total. The summed E-state index contributed by atoms with van der Waals surface area (Å²) in [6.45, 7) is 2.89. The molecule has 2 rings (SSSR count). The van der Waals surface area contributed by atoms with Crippen LogP contribution >= 0.6 is 11.6 Å². The fraction of sp³-hybridized carbons (Fsp3) is 0.562. The molecule has 1 aromatic rings. The third-order valence-electron chi connectivity index (χ3n) is 4.26. The van der Waals surface area contributed by atoms with E-state index >= 15 is 0 Å². The molecule has 0 heterocycles. The number of hydrogen-bond donors (Lipinski definition) is 2. The maximum Gasteiger partial charge on any atom is 0.306 e. The minimum atomic E-state index is -0.648. The summed E-state index contributed by atoms with van der Waals surface area (Å²) in [5, 5.41) is 13.5. The molecule has 1 aromatic carbocycles. The van der Waals surface area contributed by atoms with Gasteiger partial charge in [0, 0.05) is 11.1 Å². The van der Waals surface area contributed by atoms with Gasteiger partial charge in [0.1, 0.15) is 0 Å². The van der Waals surface area contributed by atoms with Crippen molar-refractivity contribution in [2.45, 2.75) is 38.6 Å². The molecule has 1 aliphatic carbocycles. The van der Waals surface area contributed by atoms with Crippen molar-refractivity contribution in [1.82, 2.24) is 5.32 Å². The lowest BCUT2D eigenvalue weighted by Crippen LogP contribution is -2.31. The first-order valence-corrected chi connectivity index (χ1v) is 7.71. The van der Waals surface area contributed by atoms with E-state index in [0.717, 1.165) is 37.3 Å². The fourth-order valence-corrected chi connectivity index (χ4v) is 3.32. The lowest BCUT2D eigenvalue weighted by molar-refractivity contribution is -0.142. The van der Waals surface area contributed by atoms with Crippen LogP contribution in [0.1, 0.15) is 44.2 Å². The number of benzene rings is 1. The number of carboxylic acids is 1. The van der Waals surface area contributed by atoms with Crippen LogP contribution in [0.25, 0.3) is 0 Å². The minimum Gasteiger partial charge on any atom is -0.481 e. The standard InChI is InChI=1S/C16H22ClNO2/c1-2-15(11-5-3-7-13(17)9-11)18-10-12-6-4-8-14(12)16(19)20/h3,5,7,9,12,14-15,18H,2,4,6,8,10H2,1H3,(H,19,20). The highest BCUT2D eigenvalue weighted by molar-refractivity contribution is 6.30. The Labute approximate surface area is 125 Å². The van der Waals surface area contributed by atoms with E-state index in [4.69, 9.17) is 11.6 Å².